The molecule has 2 aromatic heterocycles. The lowest BCUT2D eigenvalue weighted by Gasteiger charge is -1.96. The van der Waals surface area contributed by atoms with Crippen LogP contribution in [-0.4, -0.2) is 19.7 Å². The van der Waals surface area contributed by atoms with Crippen molar-refractivity contribution >= 4 is 11.2 Å². The van der Waals surface area contributed by atoms with Crippen LogP contribution in [0.2, 0.25) is 0 Å². The molecular formula is C7H4N4O. The van der Waals surface area contributed by atoms with Crippen molar-refractivity contribution in [3.05, 3.63) is 30.1 Å². The van der Waals surface area contributed by atoms with Crippen molar-refractivity contribution in [2.24, 2.45) is 0 Å². The Morgan fingerprint density at radius 1 is 1.50 bits per heavy atom. The Labute approximate surface area is 67.7 Å². The van der Waals surface area contributed by atoms with Crippen LogP contribution < -0.4 is 0 Å². The van der Waals surface area contributed by atoms with E-state index >= 15 is 0 Å². The maximum absolute atomic E-state index is 9.42. The van der Waals surface area contributed by atoms with Crippen LogP contribution in [0.4, 0.5) is 5.69 Å². The maximum Gasteiger partial charge on any atom is 0.249 e. The van der Waals surface area contributed by atoms with E-state index in [0.29, 0.717) is 5.52 Å². The summed E-state index contributed by atoms with van der Waals surface area (Å²) in [7, 11) is 0. The molecule has 0 aliphatic heterocycles. The second kappa shape index (κ2) is 2.20. The molecule has 0 aliphatic rings. The summed E-state index contributed by atoms with van der Waals surface area (Å²) < 4.78 is 1.41. The van der Waals surface area contributed by atoms with E-state index in [-0.39, 0.29) is 11.4 Å². The summed E-state index contributed by atoms with van der Waals surface area (Å²) in [4.78, 5) is 6.87. The molecule has 2 rings (SSSR count). The third kappa shape index (κ3) is 0.720. The SMILES string of the molecule is [C-]#[N+]c1cnn2cncc2c1O. The third-order valence-corrected chi connectivity index (χ3v) is 1.53. The smallest absolute Gasteiger partial charge is 0.249 e. The van der Waals surface area contributed by atoms with Crippen molar-refractivity contribution < 1.29 is 5.11 Å². The van der Waals surface area contributed by atoms with Gasteiger partial charge in [-0.05, 0) is 0 Å². The van der Waals surface area contributed by atoms with E-state index in [1.165, 1.54) is 23.2 Å². The molecule has 0 saturated heterocycles. The molecule has 0 aromatic carbocycles. The van der Waals surface area contributed by atoms with Crippen molar-refractivity contribution in [2.45, 2.75) is 0 Å². The van der Waals surface area contributed by atoms with Crippen LogP contribution in [0.1, 0.15) is 0 Å². The van der Waals surface area contributed by atoms with E-state index in [0.717, 1.165) is 0 Å². The minimum Gasteiger partial charge on any atom is -0.517 e. The second-order valence-corrected chi connectivity index (χ2v) is 2.21. The number of hydrogen-bond acceptors (Lipinski definition) is 3. The maximum atomic E-state index is 9.42. The minimum absolute atomic E-state index is 0.0718. The van der Waals surface area contributed by atoms with Crippen LogP contribution >= 0.6 is 0 Å². The molecule has 0 spiro atoms. The van der Waals surface area contributed by atoms with Gasteiger partial charge in [-0.1, -0.05) is 0 Å². The molecule has 0 bridgehead atoms. The largest absolute Gasteiger partial charge is 0.517 e. The third-order valence-electron chi connectivity index (χ3n) is 1.53. The van der Waals surface area contributed by atoms with Gasteiger partial charge < -0.3 is 5.11 Å². The van der Waals surface area contributed by atoms with Gasteiger partial charge >= 0.3 is 0 Å². The monoisotopic (exact) mass is 160 g/mol. The van der Waals surface area contributed by atoms with Crippen LogP contribution in [0.5, 0.6) is 5.75 Å². The summed E-state index contributed by atoms with van der Waals surface area (Å²) in [5.74, 6) is -0.0718. The Morgan fingerprint density at radius 2 is 2.33 bits per heavy atom. The van der Waals surface area contributed by atoms with Gasteiger partial charge in [0.15, 0.2) is 5.75 Å². The lowest BCUT2D eigenvalue weighted by Crippen LogP contribution is -1.87. The Hall–Kier alpha value is -2.09. The lowest BCUT2D eigenvalue weighted by molar-refractivity contribution is 0.480. The van der Waals surface area contributed by atoms with Gasteiger partial charge in [0.1, 0.15) is 11.8 Å². The van der Waals surface area contributed by atoms with Crippen LogP contribution in [0, 0.1) is 6.57 Å². The fourth-order valence-electron chi connectivity index (χ4n) is 0.941. The van der Waals surface area contributed by atoms with E-state index in [1.54, 1.807) is 0 Å². The molecule has 0 atom stereocenters. The van der Waals surface area contributed by atoms with E-state index in [1.807, 2.05) is 0 Å². The van der Waals surface area contributed by atoms with Crippen molar-refractivity contribution in [1.29, 1.82) is 0 Å². The molecule has 1 N–H and O–H groups in total. The van der Waals surface area contributed by atoms with E-state index < -0.39 is 0 Å². The van der Waals surface area contributed by atoms with Crippen molar-refractivity contribution in [1.82, 2.24) is 14.6 Å². The first-order chi connectivity index (χ1) is 5.83. The number of hydrogen-bond donors (Lipinski definition) is 1. The number of nitrogens with zero attached hydrogens (tertiary/aromatic N) is 4. The Bertz CT molecular complexity index is 468. The van der Waals surface area contributed by atoms with Gasteiger partial charge in [0.2, 0.25) is 5.69 Å². The fourth-order valence-corrected chi connectivity index (χ4v) is 0.941. The van der Waals surface area contributed by atoms with Crippen LogP contribution in [0.15, 0.2) is 18.7 Å². The standard InChI is InChI=1S/C7H4N4O/c1-8-5-2-10-11-4-9-3-6(11)7(5)12/h2-4,12H. The Balaban J connectivity index is 2.89. The highest BCUT2D eigenvalue weighted by Gasteiger charge is 2.06. The minimum atomic E-state index is -0.0718. The van der Waals surface area contributed by atoms with Gasteiger partial charge in [0.25, 0.3) is 0 Å². The predicted molar refractivity (Wildman–Crippen MR) is 40.9 cm³/mol. The number of aromatic nitrogens is 3. The predicted octanol–water partition coefficient (Wildman–Crippen LogP) is 0.986. The Kier molecular flexibility index (Phi) is 1.21. The molecule has 2 aromatic rings. The van der Waals surface area contributed by atoms with Crippen LogP contribution in [0.3, 0.4) is 0 Å². The zero-order valence-corrected chi connectivity index (χ0v) is 5.97. The van der Waals surface area contributed by atoms with Crippen molar-refractivity contribution in [3.8, 4) is 5.75 Å². The number of aromatic hydroxyl groups is 1. The Morgan fingerprint density at radius 3 is 3.08 bits per heavy atom. The number of rotatable bonds is 0. The van der Waals surface area contributed by atoms with E-state index in [2.05, 4.69) is 14.9 Å². The summed E-state index contributed by atoms with van der Waals surface area (Å²) >= 11 is 0. The first kappa shape index (κ1) is 6.61. The summed E-state index contributed by atoms with van der Waals surface area (Å²) in [5.41, 5.74) is 0.589. The van der Waals surface area contributed by atoms with Crippen LogP contribution in [0.25, 0.3) is 10.4 Å². The van der Waals surface area contributed by atoms with E-state index in [4.69, 9.17) is 6.57 Å². The number of imidazole rings is 1. The summed E-state index contributed by atoms with van der Waals surface area (Å²) in [6, 6.07) is 0. The summed E-state index contributed by atoms with van der Waals surface area (Å²) in [5, 5.41) is 13.3. The highest BCUT2D eigenvalue weighted by atomic mass is 16.3. The van der Waals surface area contributed by atoms with Gasteiger partial charge in [-0.3, -0.25) is 0 Å². The molecule has 5 heteroatoms. The van der Waals surface area contributed by atoms with Gasteiger partial charge in [0.05, 0.1) is 19.0 Å². The normalized spacial score (nSPS) is 9.92. The molecule has 0 fully saturated rings. The molecular weight excluding hydrogens is 156 g/mol. The van der Waals surface area contributed by atoms with Gasteiger partial charge in [0, 0.05) is 0 Å². The molecule has 2 heterocycles. The fraction of sp³-hybridized carbons (Fsp3) is 0. The zero-order chi connectivity index (χ0) is 8.55. The molecule has 0 aliphatic carbocycles. The first-order valence-corrected chi connectivity index (χ1v) is 3.20. The number of fused-ring (bicyclic) bond motifs is 1. The topological polar surface area (TPSA) is 54.8 Å². The molecule has 0 radical (unpaired) electrons. The van der Waals surface area contributed by atoms with Gasteiger partial charge in [-0.2, -0.15) is 5.10 Å². The highest BCUT2D eigenvalue weighted by Crippen LogP contribution is 2.28. The van der Waals surface area contributed by atoms with E-state index in [9.17, 15) is 5.11 Å². The van der Waals surface area contributed by atoms with Crippen molar-refractivity contribution in [2.75, 3.05) is 0 Å². The lowest BCUT2D eigenvalue weighted by atomic mass is 10.4. The molecule has 0 saturated carbocycles. The van der Waals surface area contributed by atoms with Crippen LogP contribution in [-0.2, 0) is 0 Å². The van der Waals surface area contributed by atoms with Gasteiger partial charge in [-0.25, -0.2) is 14.3 Å². The summed E-state index contributed by atoms with van der Waals surface area (Å²) in [6.07, 6.45) is 4.22. The average Bonchev–Trinajstić information content (AvgIpc) is 2.53. The zero-order valence-electron chi connectivity index (χ0n) is 5.97. The summed E-state index contributed by atoms with van der Waals surface area (Å²) in [6.45, 7) is 6.71. The molecule has 0 amide bonds. The second-order valence-electron chi connectivity index (χ2n) is 2.21. The quantitative estimate of drug-likeness (QED) is 0.584. The molecule has 12 heavy (non-hydrogen) atoms. The molecule has 5 nitrogen and oxygen atoms in total. The molecule has 58 valence electrons. The first-order valence-electron chi connectivity index (χ1n) is 3.20. The van der Waals surface area contributed by atoms with Gasteiger partial charge in [-0.15, -0.1) is 0 Å². The van der Waals surface area contributed by atoms with Crippen molar-refractivity contribution in [3.63, 3.8) is 0 Å². The highest BCUT2D eigenvalue weighted by molar-refractivity contribution is 5.70. The molecule has 0 unspecified atom stereocenters. The average molecular weight is 160 g/mol.